The van der Waals surface area contributed by atoms with E-state index < -0.39 is 23.8 Å². The standard InChI is InChI=1S/C14H27NO7/c1-14(2,3)22-13(19)15-6-4-11(16)10-21-9-8-20-7-5-12(17)18/h11,16H,4-10H2,1-3H3,(H,15,19)(H,17,18). The van der Waals surface area contributed by atoms with Crippen LogP contribution in [0.2, 0.25) is 0 Å². The Kier molecular flexibility index (Phi) is 10.5. The van der Waals surface area contributed by atoms with Crippen LogP contribution in [-0.4, -0.2) is 67.0 Å². The second-order valence-corrected chi connectivity index (χ2v) is 5.70. The first-order valence-corrected chi connectivity index (χ1v) is 7.23. The van der Waals surface area contributed by atoms with Crippen LogP contribution >= 0.6 is 0 Å². The van der Waals surface area contributed by atoms with Gasteiger partial charge in [-0.3, -0.25) is 4.79 Å². The molecule has 0 spiro atoms. The molecule has 22 heavy (non-hydrogen) atoms. The van der Waals surface area contributed by atoms with Crippen molar-refractivity contribution >= 4 is 12.1 Å². The topological polar surface area (TPSA) is 114 Å². The van der Waals surface area contributed by atoms with Crippen LogP contribution in [0.15, 0.2) is 0 Å². The summed E-state index contributed by atoms with van der Waals surface area (Å²) in [6.07, 6.45) is -0.917. The number of nitrogens with one attached hydrogen (secondary N) is 1. The van der Waals surface area contributed by atoms with E-state index in [1.165, 1.54) is 0 Å². The van der Waals surface area contributed by atoms with Crippen LogP contribution in [0.3, 0.4) is 0 Å². The van der Waals surface area contributed by atoms with Gasteiger partial charge in [0.15, 0.2) is 0 Å². The zero-order valence-electron chi connectivity index (χ0n) is 13.5. The average molecular weight is 321 g/mol. The highest BCUT2D eigenvalue weighted by Gasteiger charge is 2.15. The summed E-state index contributed by atoms with van der Waals surface area (Å²) in [6.45, 7) is 6.41. The number of carboxylic acids is 1. The van der Waals surface area contributed by atoms with Gasteiger partial charge in [-0.25, -0.2) is 4.79 Å². The molecule has 0 aromatic heterocycles. The number of aliphatic hydroxyl groups is 1. The minimum atomic E-state index is -0.908. The molecule has 1 amide bonds. The number of carbonyl (C=O) groups is 2. The SMILES string of the molecule is CC(C)(C)OC(=O)NCCC(O)COCCOCCC(=O)O. The minimum absolute atomic E-state index is 0.0427. The molecule has 8 nitrogen and oxygen atoms in total. The summed E-state index contributed by atoms with van der Waals surface area (Å²) < 4.78 is 15.2. The molecular weight excluding hydrogens is 294 g/mol. The summed E-state index contributed by atoms with van der Waals surface area (Å²) in [4.78, 5) is 21.6. The van der Waals surface area contributed by atoms with Crippen molar-refractivity contribution in [3.8, 4) is 0 Å². The van der Waals surface area contributed by atoms with Crippen molar-refractivity contribution in [2.45, 2.75) is 45.3 Å². The highest BCUT2D eigenvalue weighted by atomic mass is 16.6. The number of aliphatic hydroxyl groups excluding tert-OH is 1. The van der Waals surface area contributed by atoms with Crippen molar-refractivity contribution in [2.24, 2.45) is 0 Å². The van der Waals surface area contributed by atoms with Gasteiger partial charge in [-0.2, -0.15) is 0 Å². The third-order valence-corrected chi connectivity index (χ3v) is 2.29. The molecular formula is C14H27NO7. The molecule has 0 aliphatic rings. The number of rotatable bonds is 11. The summed E-state index contributed by atoms with van der Waals surface area (Å²) in [6, 6.07) is 0. The predicted octanol–water partition coefficient (Wildman–Crippen LogP) is 0.770. The van der Waals surface area contributed by atoms with Crippen molar-refractivity contribution in [3.63, 3.8) is 0 Å². The third kappa shape index (κ3) is 15.0. The molecule has 130 valence electrons. The summed E-state index contributed by atoms with van der Waals surface area (Å²) in [5.41, 5.74) is -0.549. The Labute approximate surface area is 130 Å². The lowest BCUT2D eigenvalue weighted by Gasteiger charge is -2.20. The number of hydrogen-bond acceptors (Lipinski definition) is 6. The number of hydrogen-bond donors (Lipinski definition) is 3. The summed E-state index contributed by atoms with van der Waals surface area (Å²) >= 11 is 0. The second kappa shape index (κ2) is 11.2. The molecule has 8 heteroatoms. The highest BCUT2D eigenvalue weighted by molar-refractivity contribution is 5.67. The van der Waals surface area contributed by atoms with E-state index in [1.807, 2.05) is 0 Å². The maximum atomic E-state index is 11.3. The smallest absolute Gasteiger partial charge is 0.407 e. The van der Waals surface area contributed by atoms with E-state index in [2.05, 4.69) is 5.32 Å². The number of aliphatic carboxylic acids is 1. The fourth-order valence-electron chi connectivity index (χ4n) is 1.34. The van der Waals surface area contributed by atoms with Crippen molar-refractivity contribution in [1.82, 2.24) is 5.32 Å². The van der Waals surface area contributed by atoms with E-state index in [4.69, 9.17) is 19.3 Å². The third-order valence-electron chi connectivity index (χ3n) is 2.29. The Morgan fingerprint density at radius 3 is 2.36 bits per heavy atom. The molecule has 1 unspecified atom stereocenters. The van der Waals surface area contributed by atoms with Crippen LogP contribution in [0.25, 0.3) is 0 Å². The summed E-state index contributed by atoms with van der Waals surface area (Å²) in [5, 5.41) is 20.6. The highest BCUT2D eigenvalue weighted by Crippen LogP contribution is 2.06. The molecule has 0 bridgehead atoms. The number of alkyl carbamates (subject to hydrolysis) is 1. The summed E-state index contributed by atoms with van der Waals surface area (Å²) in [5.74, 6) is -0.908. The van der Waals surface area contributed by atoms with Crippen LogP contribution < -0.4 is 5.32 Å². The van der Waals surface area contributed by atoms with Crippen LogP contribution in [0.5, 0.6) is 0 Å². The molecule has 0 fully saturated rings. The van der Waals surface area contributed by atoms with Crippen LogP contribution in [-0.2, 0) is 19.0 Å². The molecule has 1 atom stereocenters. The molecule has 0 saturated carbocycles. The van der Waals surface area contributed by atoms with Crippen molar-refractivity contribution in [3.05, 3.63) is 0 Å². The molecule has 3 N–H and O–H groups in total. The summed E-state index contributed by atoms with van der Waals surface area (Å²) in [7, 11) is 0. The predicted molar refractivity (Wildman–Crippen MR) is 78.8 cm³/mol. The maximum absolute atomic E-state index is 11.3. The van der Waals surface area contributed by atoms with E-state index in [0.717, 1.165) is 0 Å². The van der Waals surface area contributed by atoms with Gasteiger partial charge in [0.1, 0.15) is 5.60 Å². The molecule has 0 heterocycles. The fourth-order valence-corrected chi connectivity index (χ4v) is 1.34. The van der Waals surface area contributed by atoms with Crippen LogP contribution in [0.1, 0.15) is 33.6 Å². The first-order valence-electron chi connectivity index (χ1n) is 7.23. The lowest BCUT2D eigenvalue weighted by atomic mass is 10.2. The average Bonchev–Trinajstić information content (AvgIpc) is 2.35. The monoisotopic (exact) mass is 321 g/mol. The Morgan fingerprint density at radius 2 is 1.77 bits per heavy atom. The van der Waals surface area contributed by atoms with Crippen LogP contribution in [0, 0.1) is 0 Å². The molecule has 0 radical (unpaired) electrons. The van der Waals surface area contributed by atoms with Crippen molar-refractivity contribution in [1.29, 1.82) is 0 Å². The van der Waals surface area contributed by atoms with Crippen molar-refractivity contribution < 1.29 is 34.0 Å². The zero-order chi connectivity index (χ0) is 17.0. The van der Waals surface area contributed by atoms with Crippen LogP contribution in [0.4, 0.5) is 4.79 Å². The minimum Gasteiger partial charge on any atom is -0.481 e. The Bertz CT molecular complexity index is 328. The number of carboxylic acid groups (broad SMARTS) is 1. The quantitative estimate of drug-likeness (QED) is 0.481. The number of amides is 1. The second-order valence-electron chi connectivity index (χ2n) is 5.70. The molecule has 0 aromatic carbocycles. The molecule has 0 saturated heterocycles. The maximum Gasteiger partial charge on any atom is 0.407 e. The molecule has 0 aromatic rings. The zero-order valence-corrected chi connectivity index (χ0v) is 13.5. The lowest BCUT2D eigenvalue weighted by molar-refractivity contribution is -0.138. The Morgan fingerprint density at radius 1 is 1.14 bits per heavy atom. The fraction of sp³-hybridized carbons (Fsp3) is 0.857. The molecule has 0 aliphatic carbocycles. The van der Waals surface area contributed by atoms with Gasteiger partial charge in [-0.05, 0) is 27.2 Å². The lowest BCUT2D eigenvalue weighted by Crippen LogP contribution is -2.34. The van der Waals surface area contributed by atoms with E-state index in [0.29, 0.717) is 6.42 Å². The normalized spacial score (nSPS) is 12.7. The Balaban J connectivity index is 3.45. The van der Waals surface area contributed by atoms with Gasteiger partial charge in [-0.15, -0.1) is 0 Å². The Hall–Kier alpha value is -1.38. The van der Waals surface area contributed by atoms with Gasteiger partial charge in [0.25, 0.3) is 0 Å². The van der Waals surface area contributed by atoms with Gasteiger partial charge in [0.2, 0.25) is 0 Å². The van der Waals surface area contributed by atoms with Gasteiger partial charge in [-0.1, -0.05) is 0 Å². The van der Waals surface area contributed by atoms with Crippen molar-refractivity contribution in [2.75, 3.05) is 33.0 Å². The van der Waals surface area contributed by atoms with Gasteiger partial charge in [0.05, 0.1) is 39.0 Å². The number of ether oxygens (including phenoxy) is 3. The first kappa shape index (κ1) is 20.6. The van der Waals surface area contributed by atoms with E-state index in [9.17, 15) is 14.7 Å². The van der Waals surface area contributed by atoms with Gasteiger partial charge >= 0.3 is 12.1 Å². The van der Waals surface area contributed by atoms with Gasteiger partial charge in [0, 0.05) is 6.54 Å². The van der Waals surface area contributed by atoms with Gasteiger partial charge < -0.3 is 29.7 Å². The van der Waals surface area contributed by atoms with E-state index >= 15 is 0 Å². The number of carbonyl (C=O) groups excluding carboxylic acids is 1. The first-order chi connectivity index (χ1) is 10.2. The largest absolute Gasteiger partial charge is 0.481 e. The van der Waals surface area contributed by atoms with E-state index in [-0.39, 0.29) is 39.4 Å². The van der Waals surface area contributed by atoms with E-state index in [1.54, 1.807) is 20.8 Å². The molecule has 0 aliphatic heterocycles. The molecule has 0 rings (SSSR count).